The minimum absolute atomic E-state index is 0.0833. The maximum absolute atomic E-state index is 11.9. The van der Waals surface area contributed by atoms with E-state index in [1.807, 2.05) is 10.8 Å². The van der Waals surface area contributed by atoms with Crippen molar-refractivity contribution < 1.29 is 9.90 Å². The molecule has 0 saturated heterocycles. The lowest BCUT2D eigenvalue weighted by Gasteiger charge is -2.13. The summed E-state index contributed by atoms with van der Waals surface area (Å²) in [5.41, 5.74) is 0.703. The molecule has 1 aromatic carbocycles. The molecule has 0 spiro atoms. The molecule has 1 atom stereocenters. The number of hydrogen-bond acceptors (Lipinski definition) is 3. The molecule has 0 aliphatic heterocycles. The highest BCUT2D eigenvalue weighted by molar-refractivity contribution is 6.31. The first kappa shape index (κ1) is 15.4. The van der Waals surface area contributed by atoms with Crippen LogP contribution in [-0.4, -0.2) is 27.1 Å². The zero-order valence-corrected chi connectivity index (χ0v) is 12.5. The summed E-state index contributed by atoms with van der Waals surface area (Å²) in [5, 5.41) is 12.6. The van der Waals surface area contributed by atoms with E-state index in [-0.39, 0.29) is 18.1 Å². The van der Waals surface area contributed by atoms with Crippen molar-refractivity contribution in [2.45, 2.75) is 19.9 Å². The van der Waals surface area contributed by atoms with Crippen LogP contribution in [0.1, 0.15) is 12.5 Å². The third kappa shape index (κ3) is 4.79. The third-order valence-corrected chi connectivity index (χ3v) is 3.47. The molecule has 0 unspecified atom stereocenters. The number of phenols is 1. The summed E-state index contributed by atoms with van der Waals surface area (Å²) in [7, 11) is 0. The van der Waals surface area contributed by atoms with Gasteiger partial charge in [0.2, 0.25) is 5.91 Å². The van der Waals surface area contributed by atoms with Gasteiger partial charge in [-0.2, -0.15) is 0 Å². The Bertz CT molecular complexity index is 599. The van der Waals surface area contributed by atoms with Crippen molar-refractivity contribution in [1.82, 2.24) is 14.9 Å². The summed E-state index contributed by atoms with van der Waals surface area (Å²) in [6, 6.07) is 4.62. The minimum atomic E-state index is -0.0833. The molecule has 1 aromatic heterocycles. The van der Waals surface area contributed by atoms with E-state index in [1.165, 1.54) is 12.1 Å². The quantitative estimate of drug-likeness (QED) is 0.860. The van der Waals surface area contributed by atoms with Crippen LogP contribution in [0.15, 0.2) is 36.9 Å². The number of carbonyl (C=O) groups excluding carboxylic acids is 1. The van der Waals surface area contributed by atoms with Crippen LogP contribution in [0.25, 0.3) is 0 Å². The number of rotatable bonds is 6. The lowest BCUT2D eigenvalue weighted by atomic mass is 10.1. The van der Waals surface area contributed by atoms with E-state index in [9.17, 15) is 9.90 Å². The minimum Gasteiger partial charge on any atom is -0.508 e. The molecular weight excluding hydrogens is 290 g/mol. The molecule has 0 aliphatic carbocycles. The Kier molecular flexibility index (Phi) is 5.22. The van der Waals surface area contributed by atoms with E-state index in [0.29, 0.717) is 23.0 Å². The molecule has 5 nitrogen and oxygen atoms in total. The maximum Gasteiger partial charge on any atom is 0.224 e. The van der Waals surface area contributed by atoms with Crippen LogP contribution in [0, 0.1) is 5.92 Å². The smallest absolute Gasteiger partial charge is 0.224 e. The maximum atomic E-state index is 11.9. The van der Waals surface area contributed by atoms with Crippen molar-refractivity contribution in [3.8, 4) is 5.75 Å². The average Bonchev–Trinajstić information content (AvgIpc) is 2.92. The van der Waals surface area contributed by atoms with E-state index in [4.69, 9.17) is 11.6 Å². The topological polar surface area (TPSA) is 67.2 Å². The Morgan fingerprint density at radius 1 is 1.52 bits per heavy atom. The Labute approximate surface area is 128 Å². The van der Waals surface area contributed by atoms with E-state index >= 15 is 0 Å². The average molecular weight is 308 g/mol. The number of imidazole rings is 1. The van der Waals surface area contributed by atoms with Crippen LogP contribution in [-0.2, 0) is 17.8 Å². The first-order chi connectivity index (χ1) is 10.0. The van der Waals surface area contributed by atoms with Gasteiger partial charge in [-0.15, -0.1) is 0 Å². The second-order valence-corrected chi connectivity index (χ2v) is 5.53. The highest BCUT2D eigenvalue weighted by Crippen LogP contribution is 2.21. The standard InChI is InChI=1S/C15H18ClN3O2/c1-11(9-19-5-4-17-10-19)8-18-15(21)6-12-2-3-13(20)7-14(12)16/h2-5,7,10-11,20H,6,8-9H2,1H3,(H,18,21)/t11-/m1/s1. The number of halogens is 1. The highest BCUT2D eigenvalue weighted by Gasteiger charge is 2.09. The van der Waals surface area contributed by atoms with Crippen LogP contribution in [0.3, 0.4) is 0 Å². The molecule has 2 rings (SSSR count). The number of nitrogens with zero attached hydrogens (tertiary/aromatic N) is 2. The van der Waals surface area contributed by atoms with E-state index in [0.717, 1.165) is 6.54 Å². The molecule has 21 heavy (non-hydrogen) atoms. The Hall–Kier alpha value is -2.01. The fourth-order valence-corrected chi connectivity index (χ4v) is 2.26. The summed E-state index contributed by atoms with van der Waals surface area (Å²) in [4.78, 5) is 15.9. The van der Waals surface area contributed by atoms with Gasteiger partial charge in [0, 0.05) is 30.5 Å². The van der Waals surface area contributed by atoms with E-state index in [1.54, 1.807) is 18.6 Å². The molecule has 6 heteroatoms. The number of hydrogen-bond donors (Lipinski definition) is 2. The van der Waals surface area contributed by atoms with Gasteiger partial charge in [-0.25, -0.2) is 4.98 Å². The normalized spacial score (nSPS) is 12.1. The van der Waals surface area contributed by atoms with Crippen molar-refractivity contribution in [2.75, 3.05) is 6.54 Å². The largest absolute Gasteiger partial charge is 0.508 e. The fraction of sp³-hybridized carbons (Fsp3) is 0.333. The fourth-order valence-electron chi connectivity index (χ4n) is 2.02. The van der Waals surface area contributed by atoms with Crippen LogP contribution < -0.4 is 5.32 Å². The van der Waals surface area contributed by atoms with Crippen molar-refractivity contribution >= 4 is 17.5 Å². The van der Waals surface area contributed by atoms with Crippen LogP contribution >= 0.6 is 11.6 Å². The summed E-state index contributed by atoms with van der Waals surface area (Å²) >= 11 is 5.98. The predicted molar refractivity (Wildman–Crippen MR) is 81.2 cm³/mol. The van der Waals surface area contributed by atoms with Crippen molar-refractivity contribution in [3.63, 3.8) is 0 Å². The molecule has 0 aliphatic rings. The number of phenolic OH excluding ortho intramolecular Hbond substituents is 1. The number of amides is 1. The lowest BCUT2D eigenvalue weighted by molar-refractivity contribution is -0.120. The first-order valence-corrected chi connectivity index (χ1v) is 7.12. The summed E-state index contributed by atoms with van der Waals surface area (Å²) in [5.74, 6) is 0.316. The molecule has 1 heterocycles. The second-order valence-electron chi connectivity index (χ2n) is 5.12. The zero-order chi connectivity index (χ0) is 15.2. The third-order valence-electron chi connectivity index (χ3n) is 3.12. The number of nitrogens with one attached hydrogen (secondary N) is 1. The van der Waals surface area contributed by atoms with Gasteiger partial charge in [-0.3, -0.25) is 4.79 Å². The Morgan fingerprint density at radius 3 is 3.00 bits per heavy atom. The van der Waals surface area contributed by atoms with Gasteiger partial charge in [0.1, 0.15) is 5.75 Å². The van der Waals surface area contributed by atoms with Crippen LogP contribution in [0.2, 0.25) is 5.02 Å². The molecule has 2 N–H and O–H groups in total. The zero-order valence-electron chi connectivity index (χ0n) is 11.8. The van der Waals surface area contributed by atoms with E-state index < -0.39 is 0 Å². The van der Waals surface area contributed by atoms with Crippen LogP contribution in [0.4, 0.5) is 0 Å². The predicted octanol–water partition coefficient (Wildman–Crippen LogP) is 2.24. The Morgan fingerprint density at radius 2 is 2.33 bits per heavy atom. The van der Waals surface area contributed by atoms with Crippen molar-refractivity contribution in [1.29, 1.82) is 0 Å². The van der Waals surface area contributed by atoms with Gasteiger partial charge in [0.05, 0.1) is 12.7 Å². The van der Waals surface area contributed by atoms with Gasteiger partial charge >= 0.3 is 0 Å². The van der Waals surface area contributed by atoms with E-state index in [2.05, 4.69) is 17.2 Å². The summed E-state index contributed by atoms with van der Waals surface area (Å²) in [6.45, 7) is 3.46. The number of aromatic nitrogens is 2. The number of aromatic hydroxyl groups is 1. The van der Waals surface area contributed by atoms with Gasteiger partial charge in [0.25, 0.3) is 0 Å². The highest BCUT2D eigenvalue weighted by atomic mass is 35.5. The van der Waals surface area contributed by atoms with Gasteiger partial charge in [-0.05, 0) is 23.6 Å². The van der Waals surface area contributed by atoms with Gasteiger partial charge < -0.3 is 15.0 Å². The molecule has 0 saturated carbocycles. The number of carbonyl (C=O) groups is 1. The lowest BCUT2D eigenvalue weighted by Crippen LogP contribution is -2.31. The molecule has 0 fully saturated rings. The molecule has 1 amide bonds. The molecular formula is C15H18ClN3O2. The van der Waals surface area contributed by atoms with Crippen molar-refractivity contribution in [3.05, 3.63) is 47.5 Å². The molecule has 0 radical (unpaired) electrons. The second kappa shape index (κ2) is 7.13. The molecule has 2 aromatic rings. The van der Waals surface area contributed by atoms with Crippen LogP contribution in [0.5, 0.6) is 5.75 Å². The molecule has 112 valence electrons. The number of benzene rings is 1. The SMILES string of the molecule is C[C@H](CNC(=O)Cc1ccc(O)cc1Cl)Cn1ccnc1. The van der Waals surface area contributed by atoms with Gasteiger partial charge in [-0.1, -0.05) is 24.6 Å². The Balaban J connectivity index is 1.79. The van der Waals surface area contributed by atoms with Gasteiger partial charge in [0.15, 0.2) is 0 Å². The summed E-state index contributed by atoms with van der Waals surface area (Å²) in [6.07, 6.45) is 5.60. The van der Waals surface area contributed by atoms with Crippen molar-refractivity contribution in [2.24, 2.45) is 5.92 Å². The monoisotopic (exact) mass is 307 g/mol. The summed E-state index contributed by atoms with van der Waals surface area (Å²) < 4.78 is 1.98. The first-order valence-electron chi connectivity index (χ1n) is 6.74. The molecule has 0 bridgehead atoms.